The van der Waals surface area contributed by atoms with Crippen LogP contribution in [0.4, 0.5) is 15.3 Å². The number of urea groups is 2. The van der Waals surface area contributed by atoms with Gasteiger partial charge in [0.25, 0.3) is 0 Å². The maximum atomic E-state index is 13.3. The van der Waals surface area contributed by atoms with Crippen molar-refractivity contribution in [2.24, 2.45) is 11.8 Å². The third kappa shape index (κ3) is 4.65. The number of anilines is 1. The fourth-order valence-corrected chi connectivity index (χ4v) is 6.65. The van der Waals surface area contributed by atoms with Crippen LogP contribution >= 0.6 is 0 Å². The van der Waals surface area contributed by atoms with Gasteiger partial charge >= 0.3 is 12.1 Å². The lowest BCUT2D eigenvalue weighted by Crippen LogP contribution is -2.62. The number of amides is 5. The van der Waals surface area contributed by atoms with Gasteiger partial charge in [-0.1, -0.05) is 0 Å². The molecule has 1 aromatic rings. The molecule has 4 saturated heterocycles. The summed E-state index contributed by atoms with van der Waals surface area (Å²) in [5.41, 5.74) is 0.651. The second-order valence-corrected chi connectivity index (χ2v) is 10.8. The molecule has 5 aliphatic heterocycles. The van der Waals surface area contributed by atoms with Gasteiger partial charge in [-0.25, -0.2) is 9.59 Å². The van der Waals surface area contributed by atoms with E-state index in [9.17, 15) is 14.4 Å². The number of ether oxygens (including phenoxy) is 2. The van der Waals surface area contributed by atoms with E-state index in [-0.39, 0.29) is 18.1 Å². The van der Waals surface area contributed by atoms with Gasteiger partial charge in [-0.2, -0.15) is 0 Å². The molecule has 4 fully saturated rings. The van der Waals surface area contributed by atoms with E-state index in [0.717, 1.165) is 51.7 Å². The Labute approximate surface area is 211 Å². The minimum absolute atomic E-state index is 0.0220. The predicted octanol–water partition coefficient (Wildman–Crippen LogP) is 2.50. The molecule has 3 atom stereocenters. The Morgan fingerprint density at radius 2 is 1.75 bits per heavy atom. The first kappa shape index (κ1) is 23.2. The molecule has 0 aliphatic carbocycles. The van der Waals surface area contributed by atoms with Gasteiger partial charge in [0.05, 0.1) is 0 Å². The fraction of sp³-hybridized carbons (Fsp3) is 0.654. The molecule has 6 rings (SSSR count). The van der Waals surface area contributed by atoms with Crippen molar-refractivity contribution in [2.75, 3.05) is 51.3 Å². The first-order valence-electron chi connectivity index (χ1n) is 13.3. The van der Waals surface area contributed by atoms with Crippen LogP contribution in [0.15, 0.2) is 18.2 Å². The number of likely N-dealkylation sites (tertiary alicyclic amines) is 2. The minimum Gasteiger partial charge on any atom is -0.486 e. The highest BCUT2D eigenvalue weighted by atomic mass is 16.6. The number of rotatable bonds is 2. The van der Waals surface area contributed by atoms with Crippen molar-refractivity contribution in [1.82, 2.24) is 20.0 Å². The average molecular weight is 498 g/mol. The Balaban J connectivity index is 0.982. The normalized spacial score (nSPS) is 27.8. The highest BCUT2D eigenvalue weighted by Gasteiger charge is 2.45. The van der Waals surface area contributed by atoms with E-state index in [1.165, 1.54) is 0 Å². The summed E-state index contributed by atoms with van der Waals surface area (Å²) < 4.78 is 11.1. The van der Waals surface area contributed by atoms with Gasteiger partial charge in [0, 0.05) is 63.0 Å². The minimum atomic E-state index is -0.258. The lowest BCUT2D eigenvalue weighted by atomic mass is 9.76. The summed E-state index contributed by atoms with van der Waals surface area (Å²) in [4.78, 5) is 44.3. The number of carbonyl (C=O) groups is 3. The molecule has 2 N–H and O–H groups in total. The van der Waals surface area contributed by atoms with Crippen LogP contribution in [0.25, 0.3) is 0 Å². The van der Waals surface area contributed by atoms with Crippen molar-refractivity contribution in [3.05, 3.63) is 18.2 Å². The van der Waals surface area contributed by atoms with E-state index in [4.69, 9.17) is 9.47 Å². The summed E-state index contributed by atoms with van der Waals surface area (Å²) in [6.45, 7) is 4.58. The summed E-state index contributed by atoms with van der Waals surface area (Å²) in [6, 6.07) is 5.55. The molecular formula is C26H35N5O5. The molecule has 0 radical (unpaired) electrons. The van der Waals surface area contributed by atoms with Crippen molar-refractivity contribution in [1.29, 1.82) is 0 Å². The van der Waals surface area contributed by atoms with E-state index in [1.54, 1.807) is 18.2 Å². The average Bonchev–Trinajstić information content (AvgIpc) is 2.89. The third-order valence-electron chi connectivity index (χ3n) is 8.35. The summed E-state index contributed by atoms with van der Waals surface area (Å²) in [7, 11) is 0. The highest BCUT2D eigenvalue weighted by molar-refractivity contribution is 5.90. The Morgan fingerprint density at radius 1 is 0.944 bits per heavy atom. The number of hydrogen-bond donors (Lipinski definition) is 2. The first-order valence-corrected chi connectivity index (χ1v) is 13.3. The van der Waals surface area contributed by atoms with Gasteiger partial charge in [0.1, 0.15) is 13.2 Å². The van der Waals surface area contributed by atoms with Crippen molar-refractivity contribution in [3.8, 4) is 11.5 Å². The summed E-state index contributed by atoms with van der Waals surface area (Å²) in [5.74, 6) is 2.40. The van der Waals surface area contributed by atoms with Gasteiger partial charge in [0.15, 0.2) is 11.5 Å². The number of piperidine rings is 4. The van der Waals surface area contributed by atoms with Crippen molar-refractivity contribution >= 4 is 23.7 Å². The zero-order chi connectivity index (χ0) is 24.6. The molecule has 36 heavy (non-hydrogen) atoms. The second kappa shape index (κ2) is 9.71. The molecule has 10 nitrogen and oxygen atoms in total. The molecule has 5 amide bonds. The molecule has 5 aliphatic rings. The van der Waals surface area contributed by atoms with Crippen LogP contribution in [-0.2, 0) is 4.79 Å². The zero-order valence-corrected chi connectivity index (χ0v) is 20.6. The van der Waals surface area contributed by atoms with Gasteiger partial charge in [0.2, 0.25) is 5.91 Å². The maximum absolute atomic E-state index is 13.3. The molecule has 2 bridgehead atoms. The molecule has 194 valence electrons. The molecule has 0 saturated carbocycles. The molecule has 0 unspecified atom stereocenters. The van der Waals surface area contributed by atoms with E-state index < -0.39 is 0 Å². The Hall–Kier alpha value is -3.17. The highest BCUT2D eigenvalue weighted by Crippen LogP contribution is 2.38. The van der Waals surface area contributed by atoms with E-state index in [2.05, 4.69) is 15.5 Å². The Bertz CT molecular complexity index is 1030. The van der Waals surface area contributed by atoms with Crippen LogP contribution < -0.4 is 20.1 Å². The smallest absolute Gasteiger partial charge is 0.320 e. The number of benzene rings is 1. The number of hydrogen-bond acceptors (Lipinski definition) is 5. The lowest BCUT2D eigenvalue weighted by Gasteiger charge is -2.53. The molecule has 5 heterocycles. The van der Waals surface area contributed by atoms with Crippen LogP contribution in [0, 0.1) is 11.8 Å². The van der Waals surface area contributed by atoms with Crippen LogP contribution in [-0.4, -0.2) is 90.7 Å². The number of fused-ring (bicyclic) bond motifs is 5. The largest absolute Gasteiger partial charge is 0.486 e. The molecule has 1 aromatic carbocycles. The van der Waals surface area contributed by atoms with Crippen LogP contribution in [0.5, 0.6) is 11.5 Å². The third-order valence-corrected chi connectivity index (χ3v) is 8.35. The molecule has 10 heteroatoms. The first-order chi connectivity index (χ1) is 17.5. The lowest BCUT2D eigenvalue weighted by molar-refractivity contribution is -0.144. The number of nitrogens with zero attached hydrogens (tertiary/aromatic N) is 3. The Morgan fingerprint density at radius 3 is 2.58 bits per heavy atom. The van der Waals surface area contributed by atoms with Crippen LogP contribution in [0.3, 0.4) is 0 Å². The van der Waals surface area contributed by atoms with E-state index >= 15 is 0 Å². The molecule has 0 aromatic heterocycles. The van der Waals surface area contributed by atoms with Gasteiger partial charge in [-0.3, -0.25) is 4.79 Å². The Kier molecular flexibility index (Phi) is 6.27. The predicted molar refractivity (Wildman–Crippen MR) is 132 cm³/mol. The van der Waals surface area contributed by atoms with Crippen molar-refractivity contribution in [2.45, 2.75) is 50.6 Å². The van der Waals surface area contributed by atoms with Gasteiger partial charge < -0.3 is 34.8 Å². The molecule has 0 spiro atoms. The topological polar surface area (TPSA) is 103 Å². The monoisotopic (exact) mass is 497 g/mol. The van der Waals surface area contributed by atoms with Crippen molar-refractivity contribution < 1.29 is 23.9 Å². The van der Waals surface area contributed by atoms with Crippen molar-refractivity contribution in [3.63, 3.8) is 0 Å². The van der Waals surface area contributed by atoms with Gasteiger partial charge in [-0.15, -0.1) is 0 Å². The molecular weight excluding hydrogens is 462 g/mol. The SMILES string of the molecule is O=C(Nc1ccc2c(c1)OCCO2)NC1CCN(C(=O)N2C[C@H]3C[C@H](C2)[C@H]2CCCC(=O)N2C3)CC1. The maximum Gasteiger partial charge on any atom is 0.320 e. The summed E-state index contributed by atoms with van der Waals surface area (Å²) >= 11 is 0. The second-order valence-electron chi connectivity index (χ2n) is 10.8. The standard InChI is InChI=1S/C26H35N5O5/c32-24-3-1-2-21-18-12-17(15-31(21)24)14-30(16-18)26(34)29-8-6-19(7-9-29)27-25(33)28-20-4-5-22-23(13-20)36-11-10-35-22/h4-5,13,17-19,21H,1-3,6-12,14-16H2,(H2,27,28,33)/t17-,18-,21-/m1/s1. The van der Waals surface area contributed by atoms with E-state index in [1.807, 2.05) is 9.80 Å². The van der Waals surface area contributed by atoms with Crippen LogP contribution in [0.2, 0.25) is 0 Å². The van der Waals surface area contributed by atoms with Crippen LogP contribution in [0.1, 0.15) is 38.5 Å². The van der Waals surface area contributed by atoms with E-state index in [0.29, 0.717) is 73.7 Å². The summed E-state index contributed by atoms with van der Waals surface area (Å²) in [5, 5.41) is 5.91. The number of nitrogens with one attached hydrogen (secondary N) is 2. The quantitative estimate of drug-likeness (QED) is 0.654. The summed E-state index contributed by atoms with van der Waals surface area (Å²) in [6.07, 6.45) is 5.30. The zero-order valence-electron chi connectivity index (χ0n) is 20.6. The fourth-order valence-electron chi connectivity index (χ4n) is 6.65. The number of carbonyl (C=O) groups excluding carboxylic acids is 3. The van der Waals surface area contributed by atoms with Gasteiger partial charge in [-0.05, 0) is 56.1 Å².